The highest BCUT2D eigenvalue weighted by Gasteiger charge is 2.23. The molecular weight excluding hydrogens is 324 g/mol. The number of likely N-dealkylation sites (tertiary alicyclic amines) is 1. The normalized spacial score (nSPS) is 15.4. The third-order valence-corrected chi connectivity index (χ3v) is 4.09. The SMILES string of the molecule is CC(C)c1cc(Nc2cncc(OC3CCN(C(=O)O)CC3)n2)n[nH]1. The highest BCUT2D eigenvalue weighted by atomic mass is 16.5. The van der Waals surface area contributed by atoms with Crippen molar-refractivity contribution in [3.8, 4) is 5.88 Å². The molecule has 9 heteroatoms. The van der Waals surface area contributed by atoms with Crippen LogP contribution in [0.1, 0.15) is 38.3 Å². The molecule has 1 aliphatic heterocycles. The van der Waals surface area contributed by atoms with E-state index in [0.717, 1.165) is 5.69 Å². The van der Waals surface area contributed by atoms with Crippen LogP contribution in [-0.2, 0) is 0 Å². The summed E-state index contributed by atoms with van der Waals surface area (Å²) in [6.45, 7) is 5.11. The van der Waals surface area contributed by atoms with Crippen LogP contribution >= 0.6 is 0 Å². The molecule has 1 fully saturated rings. The van der Waals surface area contributed by atoms with Gasteiger partial charge in [0, 0.05) is 37.7 Å². The van der Waals surface area contributed by atoms with E-state index in [1.807, 2.05) is 6.07 Å². The van der Waals surface area contributed by atoms with Gasteiger partial charge in [0.05, 0.1) is 12.4 Å². The minimum atomic E-state index is -0.885. The number of ether oxygens (including phenoxy) is 1. The summed E-state index contributed by atoms with van der Waals surface area (Å²) in [4.78, 5) is 20.9. The molecule has 2 aromatic rings. The fourth-order valence-corrected chi connectivity index (χ4v) is 2.63. The summed E-state index contributed by atoms with van der Waals surface area (Å²) in [5, 5.41) is 19.2. The number of anilines is 2. The molecule has 0 aliphatic carbocycles. The Balaban J connectivity index is 1.59. The Morgan fingerprint density at radius 2 is 2.12 bits per heavy atom. The van der Waals surface area contributed by atoms with Crippen LogP contribution in [-0.4, -0.2) is 55.5 Å². The maximum atomic E-state index is 10.9. The van der Waals surface area contributed by atoms with Crippen molar-refractivity contribution in [3.63, 3.8) is 0 Å². The maximum absolute atomic E-state index is 10.9. The Hall–Kier alpha value is -2.84. The monoisotopic (exact) mass is 346 g/mol. The molecule has 9 nitrogen and oxygen atoms in total. The molecular formula is C16H22N6O3. The lowest BCUT2D eigenvalue weighted by molar-refractivity contribution is 0.0869. The van der Waals surface area contributed by atoms with Gasteiger partial charge in [-0.15, -0.1) is 0 Å². The third-order valence-electron chi connectivity index (χ3n) is 4.09. The molecule has 25 heavy (non-hydrogen) atoms. The number of carboxylic acid groups (broad SMARTS) is 1. The van der Waals surface area contributed by atoms with E-state index in [2.05, 4.69) is 39.3 Å². The Labute approximate surface area is 145 Å². The van der Waals surface area contributed by atoms with Gasteiger partial charge < -0.3 is 20.1 Å². The van der Waals surface area contributed by atoms with Crippen molar-refractivity contribution in [1.29, 1.82) is 0 Å². The zero-order valence-electron chi connectivity index (χ0n) is 14.3. The number of hydrogen-bond donors (Lipinski definition) is 3. The van der Waals surface area contributed by atoms with Gasteiger partial charge in [-0.25, -0.2) is 4.79 Å². The van der Waals surface area contributed by atoms with Gasteiger partial charge in [-0.2, -0.15) is 10.1 Å². The second-order valence-electron chi connectivity index (χ2n) is 6.32. The van der Waals surface area contributed by atoms with E-state index in [4.69, 9.17) is 9.84 Å². The van der Waals surface area contributed by atoms with E-state index < -0.39 is 6.09 Å². The Morgan fingerprint density at radius 3 is 2.76 bits per heavy atom. The zero-order chi connectivity index (χ0) is 17.8. The van der Waals surface area contributed by atoms with Crippen LogP contribution in [0.3, 0.4) is 0 Å². The quantitative estimate of drug-likeness (QED) is 0.762. The number of hydrogen-bond acceptors (Lipinski definition) is 6. The van der Waals surface area contributed by atoms with Gasteiger partial charge in [0.25, 0.3) is 0 Å². The van der Waals surface area contributed by atoms with E-state index in [0.29, 0.717) is 49.4 Å². The molecule has 0 bridgehead atoms. The highest BCUT2D eigenvalue weighted by Crippen LogP contribution is 2.21. The first-order chi connectivity index (χ1) is 12.0. The smallest absolute Gasteiger partial charge is 0.407 e. The molecule has 1 amide bonds. The van der Waals surface area contributed by atoms with Gasteiger partial charge in [-0.3, -0.25) is 10.1 Å². The average Bonchev–Trinajstić information content (AvgIpc) is 3.04. The molecule has 0 spiro atoms. The van der Waals surface area contributed by atoms with Gasteiger partial charge in [0.15, 0.2) is 11.6 Å². The summed E-state index contributed by atoms with van der Waals surface area (Å²) < 4.78 is 5.84. The minimum Gasteiger partial charge on any atom is -0.473 e. The lowest BCUT2D eigenvalue weighted by atomic mass is 10.1. The predicted molar refractivity (Wildman–Crippen MR) is 91.2 cm³/mol. The largest absolute Gasteiger partial charge is 0.473 e. The number of amides is 1. The van der Waals surface area contributed by atoms with Crippen LogP contribution < -0.4 is 10.1 Å². The molecule has 3 heterocycles. The predicted octanol–water partition coefficient (Wildman–Crippen LogP) is 2.59. The number of carbonyl (C=O) groups is 1. The number of nitrogens with zero attached hydrogens (tertiary/aromatic N) is 4. The molecule has 0 saturated carbocycles. The number of piperidine rings is 1. The molecule has 0 radical (unpaired) electrons. The van der Waals surface area contributed by atoms with Crippen molar-refractivity contribution >= 4 is 17.7 Å². The van der Waals surface area contributed by atoms with Crippen molar-refractivity contribution < 1.29 is 14.6 Å². The van der Waals surface area contributed by atoms with Gasteiger partial charge in [0.2, 0.25) is 5.88 Å². The second kappa shape index (κ2) is 7.37. The van der Waals surface area contributed by atoms with Crippen LogP contribution in [0, 0.1) is 0 Å². The summed E-state index contributed by atoms with van der Waals surface area (Å²) in [5.41, 5.74) is 1.04. The molecule has 3 rings (SSSR count). The van der Waals surface area contributed by atoms with E-state index in [9.17, 15) is 4.79 Å². The Kier molecular flexibility index (Phi) is 5.01. The molecule has 0 unspecified atom stereocenters. The lowest BCUT2D eigenvalue weighted by Crippen LogP contribution is -2.41. The van der Waals surface area contributed by atoms with Crippen molar-refractivity contribution in [2.45, 2.75) is 38.7 Å². The van der Waals surface area contributed by atoms with Crippen LogP contribution in [0.2, 0.25) is 0 Å². The first kappa shape index (κ1) is 17.0. The van der Waals surface area contributed by atoms with E-state index in [-0.39, 0.29) is 6.10 Å². The number of aromatic nitrogens is 4. The van der Waals surface area contributed by atoms with Crippen LogP contribution in [0.25, 0.3) is 0 Å². The lowest BCUT2D eigenvalue weighted by Gasteiger charge is -2.29. The topological polar surface area (TPSA) is 116 Å². The van der Waals surface area contributed by atoms with Gasteiger partial charge in [-0.05, 0) is 5.92 Å². The summed E-state index contributed by atoms with van der Waals surface area (Å²) >= 11 is 0. The van der Waals surface area contributed by atoms with Gasteiger partial charge >= 0.3 is 6.09 Å². The van der Waals surface area contributed by atoms with Crippen LogP contribution in [0.15, 0.2) is 18.5 Å². The summed E-state index contributed by atoms with van der Waals surface area (Å²) in [7, 11) is 0. The van der Waals surface area contributed by atoms with Crippen molar-refractivity contribution in [2.75, 3.05) is 18.4 Å². The minimum absolute atomic E-state index is 0.0573. The van der Waals surface area contributed by atoms with Gasteiger partial charge in [0.1, 0.15) is 6.10 Å². The summed E-state index contributed by atoms with van der Waals surface area (Å²) in [6.07, 6.45) is 3.50. The number of H-pyrrole nitrogens is 1. The fourth-order valence-electron chi connectivity index (χ4n) is 2.63. The zero-order valence-corrected chi connectivity index (χ0v) is 14.3. The first-order valence-electron chi connectivity index (χ1n) is 8.30. The molecule has 1 aliphatic rings. The number of rotatable bonds is 5. The molecule has 3 N–H and O–H groups in total. The maximum Gasteiger partial charge on any atom is 0.407 e. The Morgan fingerprint density at radius 1 is 1.36 bits per heavy atom. The Bertz CT molecular complexity index is 724. The molecule has 134 valence electrons. The van der Waals surface area contributed by atoms with Crippen LogP contribution in [0.4, 0.5) is 16.4 Å². The fraction of sp³-hybridized carbons (Fsp3) is 0.500. The third kappa shape index (κ3) is 4.37. The van der Waals surface area contributed by atoms with Crippen molar-refractivity contribution in [1.82, 2.24) is 25.1 Å². The van der Waals surface area contributed by atoms with Crippen LogP contribution in [0.5, 0.6) is 5.88 Å². The average molecular weight is 346 g/mol. The molecule has 0 aromatic carbocycles. The molecule has 1 saturated heterocycles. The first-order valence-corrected chi connectivity index (χ1v) is 8.30. The molecule has 0 atom stereocenters. The second-order valence-corrected chi connectivity index (χ2v) is 6.32. The highest BCUT2D eigenvalue weighted by molar-refractivity contribution is 5.65. The van der Waals surface area contributed by atoms with E-state index in [1.165, 1.54) is 4.90 Å². The standard InChI is InChI=1S/C16H22N6O3/c1-10(2)12-7-13(21-20-12)18-14-8-17-9-15(19-14)25-11-3-5-22(6-4-11)16(23)24/h7-11H,3-6H2,1-2H3,(H,23,24)(H2,18,19,20,21). The van der Waals surface area contributed by atoms with Gasteiger partial charge in [-0.1, -0.05) is 13.8 Å². The van der Waals surface area contributed by atoms with E-state index >= 15 is 0 Å². The summed E-state index contributed by atoms with van der Waals surface area (Å²) in [5.74, 6) is 1.99. The van der Waals surface area contributed by atoms with Crippen molar-refractivity contribution in [3.05, 3.63) is 24.2 Å². The molecule has 2 aromatic heterocycles. The number of aromatic amines is 1. The number of nitrogens with one attached hydrogen (secondary N) is 2. The van der Waals surface area contributed by atoms with E-state index in [1.54, 1.807) is 12.4 Å². The summed E-state index contributed by atoms with van der Waals surface area (Å²) in [6, 6.07) is 1.93. The van der Waals surface area contributed by atoms with Crippen molar-refractivity contribution in [2.24, 2.45) is 0 Å².